The molecule has 0 aliphatic carbocycles. The minimum absolute atomic E-state index is 0.102. The summed E-state index contributed by atoms with van der Waals surface area (Å²) in [6.07, 6.45) is 0. The van der Waals surface area contributed by atoms with Crippen molar-refractivity contribution in [3.8, 4) is 5.75 Å². The highest BCUT2D eigenvalue weighted by Gasteiger charge is 2.23. The summed E-state index contributed by atoms with van der Waals surface area (Å²) in [6, 6.07) is 10.0. The van der Waals surface area contributed by atoms with Crippen LogP contribution in [-0.2, 0) is 4.74 Å². The first kappa shape index (κ1) is 20.0. The van der Waals surface area contributed by atoms with E-state index in [1.165, 1.54) is 17.4 Å². The number of carbonyl (C=O) groups is 1. The van der Waals surface area contributed by atoms with E-state index in [-0.39, 0.29) is 11.3 Å². The lowest BCUT2D eigenvalue weighted by Crippen LogP contribution is -2.36. The average molecular weight is 428 g/mol. The summed E-state index contributed by atoms with van der Waals surface area (Å²) in [7, 11) is 0. The molecule has 3 aromatic rings. The second kappa shape index (κ2) is 8.64. The van der Waals surface area contributed by atoms with Gasteiger partial charge in [0.05, 0.1) is 35.0 Å². The highest BCUT2D eigenvalue weighted by atomic mass is 32.1. The summed E-state index contributed by atoms with van der Waals surface area (Å²) >= 11 is 1.32. The lowest BCUT2D eigenvalue weighted by Gasteiger charge is -2.28. The molecule has 4 rings (SSSR count). The number of fused-ring (bicyclic) bond motifs is 1. The van der Waals surface area contributed by atoms with Crippen molar-refractivity contribution in [3.05, 3.63) is 52.1 Å². The number of amides is 1. The third-order valence-electron chi connectivity index (χ3n) is 4.68. The van der Waals surface area contributed by atoms with Crippen LogP contribution in [-0.4, -0.2) is 48.7 Å². The van der Waals surface area contributed by atoms with Gasteiger partial charge in [-0.3, -0.25) is 20.2 Å². The fraction of sp³-hybridized carbons (Fsp3) is 0.300. The molecule has 10 heteroatoms. The number of nitro benzene ring substituents is 1. The van der Waals surface area contributed by atoms with Gasteiger partial charge in [0.15, 0.2) is 5.13 Å². The minimum Gasteiger partial charge on any atom is -0.494 e. The minimum atomic E-state index is -0.464. The molecular formula is C20H20N4O5S. The number of aromatic nitrogens is 1. The predicted octanol–water partition coefficient (Wildman–Crippen LogP) is 3.69. The van der Waals surface area contributed by atoms with E-state index in [9.17, 15) is 14.9 Å². The van der Waals surface area contributed by atoms with Gasteiger partial charge in [0.2, 0.25) is 0 Å². The van der Waals surface area contributed by atoms with Gasteiger partial charge < -0.3 is 14.4 Å². The van der Waals surface area contributed by atoms with Gasteiger partial charge in [0.25, 0.3) is 11.6 Å². The molecule has 1 aromatic heterocycles. The molecule has 1 fully saturated rings. The van der Waals surface area contributed by atoms with E-state index in [0.717, 1.165) is 16.0 Å². The largest absolute Gasteiger partial charge is 0.494 e. The van der Waals surface area contributed by atoms with Crippen LogP contribution < -0.4 is 15.0 Å². The summed E-state index contributed by atoms with van der Waals surface area (Å²) < 4.78 is 11.7. The molecule has 156 valence electrons. The second-order valence-electron chi connectivity index (χ2n) is 6.60. The molecule has 2 heterocycles. The molecule has 1 N–H and O–H groups in total. The number of carbonyl (C=O) groups excluding carboxylic acids is 1. The Morgan fingerprint density at radius 3 is 2.83 bits per heavy atom. The van der Waals surface area contributed by atoms with Crippen molar-refractivity contribution in [2.75, 3.05) is 43.1 Å². The molecule has 0 unspecified atom stereocenters. The number of benzene rings is 2. The number of ether oxygens (including phenoxy) is 2. The van der Waals surface area contributed by atoms with Gasteiger partial charge in [-0.1, -0.05) is 11.3 Å². The third kappa shape index (κ3) is 4.19. The number of hydrogen-bond acceptors (Lipinski definition) is 8. The molecule has 0 saturated carbocycles. The SMILES string of the molecule is CCOc1ccc2nc(NC(=O)c3ccc(N4CCOCC4)c([N+](=O)[O-])c3)sc2c1. The van der Waals surface area contributed by atoms with E-state index < -0.39 is 10.8 Å². The van der Waals surface area contributed by atoms with E-state index in [1.54, 1.807) is 12.1 Å². The number of nitro groups is 1. The van der Waals surface area contributed by atoms with Crippen molar-refractivity contribution in [2.24, 2.45) is 0 Å². The molecule has 0 atom stereocenters. The molecule has 1 aliphatic heterocycles. The second-order valence-corrected chi connectivity index (χ2v) is 7.63. The summed E-state index contributed by atoms with van der Waals surface area (Å²) in [5, 5.41) is 14.7. The highest BCUT2D eigenvalue weighted by Crippen LogP contribution is 2.32. The molecule has 1 aliphatic rings. The van der Waals surface area contributed by atoms with E-state index in [2.05, 4.69) is 10.3 Å². The number of rotatable bonds is 6. The molecule has 9 nitrogen and oxygen atoms in total. The molecule has 0 spiro atoms. The fourth-order valence-electron chi connectivity index (χ4n) is 3.27. The van der Waals surface area contributed by atoms with Crippen molar-refractivity contribution >= 4 is 44.0 Å². The Kier molecular flexibility index (Phi) is 5.77. The number of nitrogens with one attached hydrogen (secondary N) is 1. The Hall–Kier alpha value is -3.24. The van der Waals surface area contributed by atoms with Gasteiger partial charge in [-0.05, 0) is 37.3 Å². The fourth-order valence-corrected chi connectivity index (χ4v) is 4.16. The lowest BCUT2D eigenvalue weighted by atomic mass is 10.1. The Labute approximate surface area is 176 Å². The molecule has 1 amide bonds. The third-order valence-corrected chi connectivity index (χ3v) is 5.61. The molecule has 1 saturated heterocycles. The number of hydrogen-bond donors (Lipinski definition) is 1. The Bertz CT molecular complexity index is 1090. The smallest absolute Gasteiger partial charge is 0.293 e. The zero-order chi connectivity index (χ0) is 21.1. The maximum atomic E-state index is 12.7. The predicted molar refractivity (Wildman–Crippen MR) is 115 cm³/mol. The van der Waals surface area contributed by atoms with Crippen LogP contribution in [0.2, 0.25) is 0 Å². The summed E-state index contributed by atoms with van der Waals surface area (Å²) in [5.41, 5.74) is 1.33. The van der Waals surface area contributed by atoms with Crippen LogP contribution >= 0.6 is 11.3 Å². The first-order chi connectivity index (χ1) is 14.5. The van der Waals surface area contributed by atoms with Gasteiger partial charge in [-0.15, -0.1) is 0 Å². The van der Waals surface area contributed by atoms with Gasteiger partial charge >= 0.3 is 0 Å². The number of nitrogens with zero attached hydrogens (tertiary/aromatic N) is 3. The first-order valence-corrected chi connectivity index (χ1v) is 10.3. The number of morpholine rings is 1. The molecule has 0 radical (unpaired) electrons. The van der Waals surface area contributed by atoms with Crippen LogP contribution in [0.4, 0.5) is 16.5 Å². The maximum absolute atomic E-state index is 12.7. The quantitative estimate of drug-likeness (QED) is 0.471. The van der Waals surface area contributed by atoms with Crippen LogP contribution in [0.5, 0.6) is 5.75 Å². The Morgan fingerprint density at radius 2 is 2.10 bits per heavy atom. The average Bonchev–Trinajstić information content (AvgIpc) is 3.15. The van der Waals surface area contributed by atoms with Crippen LogP contribution in [0.15, 0.2) is 36.4 Å². The van der Waals surface area contributed by atoms with Gasteiger partial charge in [0.1, 0.15) is 11.4 Å². The lowest BCUT2D eigenvalue weighted by molar-refractivity contribution is -0.384. The first-order valence-electron chi connectivity index (χ1n) is 9.51. The van der Waals surface area contributed by atoms with Crippen molar-refractivity contribution < 1.29 is 19.2 Å². The molecule has 30 heavy (non-hydrogen) atoms. The van der Waals surface area contributed by atoms with Crippen molar-refractivity contribution in [2.45, 2.75) is 6.92 Å². The van der Waals surface area contributed by atoms with Crippen LogP contribution in [0.25, 0.3) is 10.2 Å². The number of anilines is 2. The van der Waals surface area contributed by atoms with Gasteiger partial charge in [0, 0.05) is 24.7 Å². The number of thiazole rings is 1. The van der Waals surface area contributed by atoms with E-state index >= 15 is 0 Å². The Balaban J connectivity index is 1.56. The van der Waals surface area contributed by atoms with Crippen LogP contribution in [0.1, 0.15) is 17.3 Å². The normalized spacial score (nSPS) is 14.0. The van der Waals surface area contributed by atoms with Crippen molar-refractivity contribution in [1.82, 2.24) is 4.98 Å². The van der Waals surface area contributed by atoms with Gasteiger partial charge in [-0.2, -0.15) is 0 Å². The monoisotopic (exact) mass is 428 g/mol. The molecule has 0 bridgehead atoms. The molecular weight excluding hydrogens is 408 g/mol. The summed E-state index contributed by atoms with van der Waals surface area (Å²) in [4.78, 5) is 30.1. The van der Waals surface area contributed by atoms with Crippen molar-refractivity contribution in [3.63, 3.8) is 0 Å². The highest BCUT2D eigenvalue weighted by molar-refractivity contribution is 7.22. The molecule has 2 aromatic carbocycles. The van der Waals surface area contributed by atoms with Crippen molar-refractivity contribution in [1.29, 1.82) is 0 Å². The topological polar surface area (TPSA) is 107 Å². The maximum Gasteiger partial charge on any atom is 0.293 e. The van der Waals surface area contributed by atoms with E-state index in [0.29, 0.717) is 43.7 Å². The standard InChI is InChI=1S/C20H20N4O5S/c1-2-29-14-4-5-15-18(12-14)30-20(21-15)22-19(25)13-3-6-16(17(11-13)24(26)27)23-7-9-28-10-8-23/h3-6,11-12H,2,7-10H2,1H3,(H,21,22,25). The Morgan fingerprint density at radius 1 is 1.30 bits per heavy atom. The van der Waals surface area contributed by atoms with E-state index in [1.807, 2.05) is 30.0 Å². The summed E-state index contributed by atoms with van der Waals surface area (Å²) in [6.45, 7) is 4.65. The van der Waals surface area contributed by atoms with Crippen LogP contribution in [0, 0.1) is 10.1 Å². The van der Waals surface area contributed by atoms with E-state index in [4.69, 9.17) is 9.47 Å². The zero-order valence-electron chi connectivity index (χ0n) is 16.3. The van der Waals surface area contributed by atoms with Crippen LogP contribution in [0.3, 0.4) is 0 Å². The summed E-state index contributed by atoms with van der Waals surface area (Å²) in [5.74, 6) is 0.288. The zero-order valence-corrected chi connectivity index (χ0v) is 17.1. The van der Waals surface area contributed by atoms with Gasteiger partial charge in [-0.25, -0.2) is 4.98 Å².